The lowest BCUT2D eigenvalue weighted by molar-refractivity contribution is -0.143. The molecule has 1 aromatic carbocycles. The highest BCUT2D eigenvalue weighted by molar-refractivity contribution is 5.70. The molecule has 4 nitrogen and oxygen atoms in total. The minimum atomic E-state index is -0.647. The number of carboxylic acids is 1. The number of hydrogen-bond acceptors (Lipinski definition) is 3. The Balaban J connectivity index is 1.63. The van der Waals surface area contributed by atoms with Crippen LogP contribution in [0.3, 0.4) is 0 Å². The molecule has 22 heavy (non-hydrogen) atoms. The Labute approximate surface area is 132 Å². The lowest BCUT2D eigenvalue weighted by Gasteiger charge is -2.32. The normalized spacial score (nSPS) is 23.5. The van der Waals surface area contributed by atoms with Crippen molar-refractivity contribution in [3.05, 3.63) is 29.8 Å². The summed E-state index contributed by atoms with van der Waals surface area (Å²) in [6.45, 7) is 4.88. The van der Waals surface area contributed by atoms with E-state index in [1.807, 2.05) is 0 Å². The van der Waals surface area contributed by atoms with E-state index in [4.69, 9.17) is 0 Å². The molecule has 0 radical (unpaired) electrons. The first-order valence-corrected chi connectivity index (χ1v) is 8.51. The predicted molar refractivity (Wildman–Crippen MR) is 88.1 cm³/mol. The van der Waals surface area contributed by atoms with E-state index < -0.39 is 5.97 Å². The summed E-state index contributed by atoms with van der Waals surface area (Å²) in [5, 5.41) is 9.20. The molecule has 3 rings (SSSR count). The molecule has 0 aliphatic carbocycles. The van der Waals surface area contributed by atoms with E-state index in [-0.39, 0.29) is 5.92 Å². The van der Waals surface area contributed by atoms with E-state index in [0.29, 0.717) is 6.54 Å². The summed E-state index contributed by atoms with van der Waals surface area (Å²) in [5.41, 5.74) is 2.62. The summed E-state index contributed by atoms with van der Waals surface area (Å²) < 4.78 is 0. The smallest absolute Gasteiger partial charge is 0.307 e. The van der Waals surface area contributed by atoms with Crippen molar-refractivity contribution in [3.63, 3.8) is 0 Å². The molecule has 1 aromatic rings. The predicted octanol–water partition coefficient (Wildman–Crippen LogP) is 2.97. The van der Waals surface area contributed by atoms with E-state index in [1.54, 1.807) is 0 Å². The summed E-state index contributed by atoms with van der Waals surface area (Å²) in [5.74, 6) is -0.842. The van der Waals surface area contributed by atoms with Gasteiger partial charge in [0.1, 0.15) is 0 Å². The maximum absolute atomic E-state index is 11.2. The second kappa shape index (κ2) is 7.14. The second-order valence-electron chi connectivity index (χ2n) is 6.63. The van der Waals surface area contributed by atoms with Crippen LogP contribution in [0.4, 0.5) is 5.69 Å². The molecule has 0 bridgehead atoms. The zero-order valence-electron chi connectivity index (χ0n) is 13.2. The molecule has 0 amide bonds. The quantitative estimate of drug-likeness (QED) is 0.928. The van der Waals surface area contributed by atoms with Gasteiger partial charge in [-0.25, -0.2) is 0 Å². The number of benzene rings is 1. The third-order valence-electron chi connectivity index (χ3n) is 4.89. The first-order chi connectivity index (χ1) is 10.7. The standard InChI is InChI=1S/C18H26N2O2/c21-18(22)16-7-5-9-19(14-16)13-15-6-4-8-17(12-15)20-10-2-1-3-11-20/h4,6,8,12,16H,1-3,5,7,9-11,13-14H2,(H,21,22). The number of likely N-dealkylation sites (tertiary alicyclic amines) is 1. The van der Waals surface area contributed by atoms with Crippen molar-refractivity contribution in [1.82, 2.24) is 4.90 Å². The maximum atomic E-state index is 11.2. The van der Waals surface area contributed by atoms with Gasteiger partial charge in [0.2, 0.25) is 0 Å². The highest BCUT2D eigenvalue weighted by Gasteiger charge is 2.25. The van der Waals surface area contributed by atoms with Crippen molar-refractivity contribution >= 4 is 11.7 Å². The van der Waals surface area contributed by atoms with E-state index in [9.17, 15) is 9.90 Å². The van der Waals surface area contributed by atoms with Crippen LogP contribution in [0.1, 0.15) is 37.7 Å². The molecule has 0 aromatic heterocycles. The Morgan fingerprint density at radius 1 is 1.14 bits per heavy atom. The number of aliphatic carboxylic acids is 1. The molecule has 120 valence electrons. The average Bonchev–Trinajstić information content (AvgIpc) is 2.56. The topological polar surface area (TPSA) is 43.8 Å². The number of anilines is 1. The first-order valence-electron chi connectivity index (χ1n) is 8.51. The fraction of sp³-hybridized carbons (Fsp3) is 0.611. The minimum Gasteiger partial charge on any atom is -0.481 e. The Hall–Kier alpha value is -1.55. The van der Waals surface area contributed by atoms with Crippen LogP contribution in [-0.2, 0) is 11.3 Å². The molecule has 2 fully saturated rings. The van der Waals surface area contributed by atoms with Crippen LogP contribution < -0.4 is 4.90 Å². The monoisotopic (exact) mass is 302 g/mol. The lowest BCUT2D eigenvalue weighted by Crippen LogP contribution is -2.38. The fourth-order valence-corrected chi connectivity index (χ4v) is 3.66. The van der Waals surface area contributed by atoms with Gasteiger partial charge in [-0.1, -0.05) is 12.1 Å². The summed E-state index contributed by atoms with van der Waals surface area (Å²) in [6.07, 6.45) is 5.73. The zero-order valence-corrected chi connectivity index (χ0v) is 13.2. The molecule has 0 saturated carbocycles. The van der Waals surface area contributed by atoms with Gasteiger partial charge < -0.3 is 10.0 Å². The van der Waals surface area contributed by atoms with Crippen LogP contribution in [0.2, 0.25) is 0 Å². The number of carbonyl (C=O) groups is 1. The van der Waals surface area contributed by atoms with Gasteiger partial charge in [-0.2, -0.15) is 0 Å². The van der Waals surface area contributed by atoms with E-state index in [1.165, 1.54) is 30.5 Å². The van der Waals surface area contributed by atoms with Crippen molar-refractivity contribution in [2.75, 3.05) is 31.1 Å². The number of piperidine rings is 2. The molecule has 2 heterocycles. The first kappa shape index (κ1) is 15.3. The molecule has 2 aliphatic rings. The van der Waals surface area contributed by atoms with E-state index >= 15 is 0 Å². The fourth-order valence-electron chi connectivity index (χ4n) is 3.66. The van der Waals surface area contributed by atoms with Gasteiger partial charge in [0.15, 0.2) is 0 Å². The summed E-state index contributed by atoms with van der Waals surface area (Å²) in [4.78, 5) is 15.9. The molecule has 0 spiro atoms. The molecule has 2 aliphatic heterocycles. The molecule has 1 N–H and O–H groups in total. The average molecular weight is 302 g/mol. The second-order valence-corrected chi connectivity index (χ2v) is 6.63. The Kier molecular flexibility index (Phi) is 4.98. The Bertz CT molecular complexity index is 512. The summed E-state index contributed by atoms with van der Waals surface area (Å²) >= 11 is 0. The van der Waals surface area contributed by atoms with Gasteiger partial charge >= 0.3 is 5.97 Å². The van der Waals surface area contributed by atoms with E-state index in [2.05, 4.69) is 34.1 Å². The van der Waals surface area contributed by atoms with Crippen LogP contribution >= 0.6 is 0 Å². The number of nitrogens with zero attached hydrogens (tertiary/aromatic N) is 2. The van der Waals surface area contributed by atoms with Crippen molar-refractivity contribution in [1.29, 1.82) is 0 Å². The largest absolute Gasteiger partial charge is 0.481 e. The van der Waals surface area contributed by atoms with Gasteiger partial charge in [0.05, 0.1) is 5.92 Å². The van der Waals surface area contributed by atoms with Crippen molar-refractivity contribution in [2.45, 2.75) is 38.6 Å². The molecule has 1 atom stereocenters. The number of carboxylic acid groups (broad SMARTS) is 1. The van der Waals surface area contributed by atoms with Crippen molar-refractivity contribution < 1.29 is 9.90 Å². The Morgan fingerprint density at radius 3 is 2.73 bits per heavy atom. The van der Waals surface area contributed by atoms with Gasteiger partial charge in [0.25, 0.3) is 0 Å². The van der Waals surface area contributed by atoms with E-state index in [0.717, 1.165) is 39.0 Å². The number of rotatable bonds is 4. The number of hydrogen-bond donors (Lipinski definition) is 1. The molecule has 1 unspecified atom stereocenters. The summed E-state index contributed by atoms with van der Waals surface area (Å²) in [7, 11) is 0. The van der Waals surface area contributed by atoms with Crippen LogP contribution in [-0.4, -0.2) is 42.2 Å². The molecular formula is C18H26N2O2. The minimum absolute atomic E-state index is 0.195. The molecular weight excluding hydrogens is 276 g/mol. The molecule has 2 saturated heterocycles. The van der Waals surface area contributed by atoms with Crippen LogP contribution in [0.5, 0.6) is 0 Å². The zero-order chi connectivity index (χ0) is 15.4. The van der Waals surface area contributed by atoms with Gasteiger partial charge in [-0.15, -0.1) is 0 Å². The van der Waals surface area contributed by atoms with Gasteiger partial charge in [-0.3, -0.25) is 9.69 Å². The summed E-state index contributed by atoms with van der Waals surface area (Å²) in [6, 6.07) is 8.79. The van der Waals surface area contributed by atoms with Crippen LogP contribution in [0, 0.1) is 5.92 Å². The van der Waals surface area contributed by atoms with Crippen LogP contribution in [0.15, 0.2) is 24.3 Å². The Morgan fingerprint density at radius 2 is 1.95 bits per heavy atom. The third kappa shape index (κ3) is 3.80. The van der Waals surface area contributed by atoms with Gasteiger partial charge in [-0.05, 0) is 56.3 Å². The molecule has 4 heteroatoms. The highest BCUT2D eigenvalue weighted by atomic mass is 16.4. The highest BCUT2D eigenvalue weighted by Crippen LogP contribution is 2.23. The van der Waals surface area contributed by atoms with Crippen LogP contribution in [0.25, 0.3) is 0 Å². The van der Waals surface area contributed by atoms with Gasteiger partial charge in [0, 0.05) is 31.9 Å². The van der Waals surface area contributed by atoms with Crippen molar-refractivity contribution in [2.24, 2.45) is 5.92 Å². The lowest BCUT2D eigenvalue weighted by atomic mass is 9.98. The van der Waals surface area contributed by atoms with Crippen molar-refractivity contribution in [3.8, 4) is 0 Å². The SMILES string of the molecule is O=C(O)C1CCCN(Cc2cccc(N3CCCCC3)c2)C1. The third-order valence-corrected chi connectivity index (χ3v) is 4.89. The maximum Gasteiger partial charge on any atom is 0.307 e.